The number of hydrogen-bond acceptors (Lipinski definition) is 4. The summed E-state index contributed by atoms with van der Waals surface area (Å²) in [5.41, 5.74) is -4.08. The first-order valence-electron chi connectivity index (χ1n) is 7.00. The lowest BCUT2D eigenvalue weighted by Crippen LogP contribution is -2.15. The van der Waals surface area contributed by atoms with Crippen LogP contribution in [0.25, 0.3) is 16.6 Å². The summed E-state index contributed by atoms with van der Waals surface area (Å²) in [7, 11) is 1.27. The maximum absolute atomic E-state index is 13.4. The van der Waals surface area contributed by atoms with Crippen molar-refractivity contribution < 1.29 is 26.3 Å². The minimum Gasteiger partial charge on any atom is -0.372 e. The van der Waals surface area contributed by atoms with Gasteiger partial charge in [-0.15, -0.1) is 0 Å². The van der Waals surface area contributed by atoms with E-state index in [1.54, 1.807) is 0 Å². The van der Waals surface area contributed by atoms with Crippen molar-refractivity contribution in [2.45, 2.75) is 12.4 Å². The zero-order chi connectivity index (χ0) is 20.1. The van der Waals surface area contributed by atoms with Gasteiger partial charge in [-0.25, -0.2) is 9.67 Å². The van der Waals surface area contributed by atoms with Crippen LogP contribution >= 0.6 is 23.2 Å². The Bertz CT molecular complexity index is 1010. The summed E-state index contributed by atoms with van der Waals surface area (Å²) in [6.45, 7) is 0. The molecule has 0 aromatic carbocycles. The summed E-state index contributed by atoms with van der Waals surface area (Å²) in [5, 5.41) is 5.54. The number of rotatable bonds is 2. The molecular formula is C14H7Cl2F6N5. The number of fused-ring (bicyclic) bond motifs is 1. The molecule has 0 spiro atoms. The third-order valence-electron chi connectivity index (χ3n) is 3.49. The Morgan fingerprint density at radius 1 is 1.00 bits per heavy atom. The molecule has 0 amide bonds. The summed E-state index contributed by atoms with van der Waals surface area (Å²) < 4.78 is 80.1. The molecule has 144 valence electrons. The van der Waals surface area contributed by atoms with E-state index < -0.39 is 34.6 Å². The van der Waals surface area contributed by atoms with Crippen molar-refractivity contribution in [2.75, 3.05) is 12.4 Å². The first-order chi connectivity index (χ1) is 12.4. The number of hydrogen-bond donors (Lipinski definition) is 1. The molecule has 0 fully saturated rings. The van der Waals surface area contributed by atoms with Gasteiger partial charge in [0.15, 0.2) is 5.69 Å². The summed E-state index contributed by atoms with van der Waals surface area (Å²) >= 11 is 12.0. The van der Waals surface area contributed by atoms with Crippen molar-refractivity contribution in [2.24, 2.45) is 0 Å². The van der Waals surface area contributed by atoms with E-state index in [0.29, 0.717) is 6.07 Å². The molecule has 0 radical (unpaired) electrons. The molecule has 0 atom stereocenters. The van der Waals surface area contributed by atoms with E-state index in [4.69, 9.17) is 23.2 Å². The van der Waals surface area contributed by atoms with Gasteiger partial charge in [0.05, 0.1) is 20.9 Å². The minimum absolute atomic E-state index is 0.0458. The van der Waals surface area contributed by atoms with Gasteiger partial charge in [-0.2, -0.15) is 31.4 Å². The quantitative estimate of drug-likeness (QED) is 0.568. The van der Waals surface area contributed by atoms with Crippen LogP contribution in [0.3, 0.4) is 0 Å². The maximum Gasteiger partial charge on any atom is 0.434 e. The number of nitrogens with zero attached hydrogens (tertiary/aromatic N) is 4. The van der Waals surface area contributed by atoms with Crippen LogP contribution in [0.2, 0.25) is 10.0 Å². The summed E-state index contributed by atoms with van der Waals surface area (Å²) in [4.78, 5) is 6.50. The Balaban J connectivity index is 2.46. The van der Waals surface area contributed by atoms with Crippen LogP contribution in [0, 0.1) is 0 Å². The van der Waals surface area contributed by atoms with E-state index in [1.165, 1.54) is 19.4 Å². The molecule has 3 aromatic rings. The van der Waals surface area contributed by atoms with Gasteiger partial charge < -0.3 is 5.32 Å². The normalized spacial score (nSPS) is 12.6. The van der Waals surface area contributed by atoms with E-state index >= 15 is 0 Å². The lowest BCUT2D eigenvalue weighted by Gasteiger charge is -2.13. The first-order valence-corrected chi connectivity index (χ1v) is 7.76. The molecular weight excluding hydrogens is 423 g/mol. The molecule has 5 nitrogen and oxygen atoms in total. The molecule has 0 aliphatic heterocycles. The molecule has 0 aliphatic rings. The highest BCUT2D eigenvalue weighted by molar-refractivity contribution is 6.37. The molecule has 27 heavy (non-hydrogen) atoms. The molecule has 0 saturated carbocycles. The van der Waals surface area contributed by atoms with Crippen LogP contribution in [0.15, 0.2) is 18.5 Å². The average Bonchev–Trinajstić information content (AvgIpc) is 2.89. The standard InChI is InChI=1S/C14H7Cl2F6N5/c1-23-12-9-7(26-27(12)10-5(15)3-24-4-6(10)16)2-8(13(17,18)19)25-11(9)14(20,21)22/h2-4,23H,1H3. The van der Waals surface area contributed by atoms with Gasteiger partial charge >= 0.3 is 12.4 Å². The molecule has 3 heterocycles. The molecule has 0 bridgehead atoms. The summed E-state index contributed by atoms with van der Waals surface area (Å²) in [5.74, 6) is -0.284. The Morgan fingerprint density at radius 2 is 1.59 bits per heavy atom. The van der Waals surface area contributed by atoms with Crippen molar-refractivity contribution in [3.63, 3.8) is 0 Å². The largest absolute Gasteiger partial charge is 0.434 e. The fourth-order valence-electron chi connectivity index (χ4n) is 2.46. The van der Waals surface area contributed by atoms with Crippen LogP contribution in [-0.2, 0) is 12.4 Å². The lowest BCUT2D eigenvalue weighted by atomic mass is 10.2. The van der Waals surface area contributed by atoms with E-state index in [-0.39, 0.29) is 21.6 Å². The second kappa shape index (κ2) is 6.41. The maximum atomic E-state index is 13.4. The molecule has 1 N–H and O–H groups in total. The monoisotopic (exact) mass is 429 g/mol. The fourth-order valence-corrected chi connectivity index (χ4v) is 2.98. The van der Waals surface area contributed by atoms with E-state index in [1.807, 2.05) is 0 Å². The van der Waals surface area contributed by atoms with Crippen LogP contribution in [0.1, 0.15) is 11.4 Å². The van der Waals surface area contributed by atoms with Crippen molar-refractivity contribution in [3.05, 3.63) is 39.9 Å². The van der Waals surface area contributed by atoms with Crippen LogP contribution < -0.4 is 5.32 Å². The minimum atomic E-state index is -5.16. The third kappa shape index (κ3) is 3.36. The Kier molecular flexibility index (Phi) is 4.63. The van der Waals surface area contributed by atoms with Crippen LogP contribution in [0.5, 0.6) is 0 Å². The number of halogens is 8. The Morgan fingerprint density at radius 3 is 2.07 bits per heavy atom. The average molecular weight is 430 g/mol. The van der Waals surface area contributed by atoms with Crippen LogP contribution in [-0.4, -0.2) is 26.8 Å². The second-order valence-electron chi connectivity index (χ2n) is 5.21. The molecule has 3 aromatic heterocycles. The SMILES string of the molecule is CNc1c2c(C(F)(F)F)nc(C(F)(F)F)cc2nn1-c1c(Cl)cncc1Cl. The highest BCUT2D eigenvalue weighted by Gasteiger charge is 2.42. The highest BCUT2D eigenvalue weighted by atomic mass is 35.5. The van der Waals surface area contributed by atoms with Gasteiger partial charge in [-0.3, -0.25) is 4.98 Å². The Hall–Kier alpha value is -2.27. The van der Waals surface area contributed by atoms with Gasteiger partial charge in [0.2, 0.25) is 0 Å². The molecule has 13 heteroatoms. The van der Waals surface area contributed by atoms with Gasteiger partial charge in [-0.05, 0) is 6.07 Å². The van der Waals surface area contributed by atoms with Gasteiger partial charge in [-0.1, -0.05) is 23.2 Å². The second-order valence-corrected chi connectivity index (χ2v) is 6.02. The number of alkyl halides is 6. The first kappa shape index (κ1) is 19.5. The number of aromatic nitrogens is 4. The number of nitrogens with one attached hydrogen (secondary N) is 1. The highest BCUT2D eigenvalue weighted by Crippen LogP contribution is 2.42. The fraction of sp³-hybridized carbons (Fsp3) is 0.214. The summed E-state index contributed by atoms with van der Waals surface area (Å²) in [6, 6.07) is 0.422. The van der Waals surface area contributed by atoms with E-state index in [0.717, 1.165) is 4.68 Å². The van der Waals surface area contributed by atoms with Crippen LogP contribution in [0.4, 0.5) is 32.2 Å². The van der Waals surface area contributed by atoms with Gasteiger partial charge in [0.1, 0.15) is 17.2 Å². The van der Waals surface area contributed by atoms with Crippen molar-refractivity contribution in [1.29, 1.82) is 0 Å². The Labute approximate surface area is 156 Å². The summed E-state index contributed by atoms with van der Waals surface area (Å²) in [6.07, 6.45) is -7.92. The molecule has 3 rings (SSSR count). The van der Waals surface area contributed by atoms with Crippen molar-refractivity contribution in [3.8, 4) is 5.69 Å². The molecule has 0 saturated heterocycles. The zero-order valence-corrected chi connectivity index (χ0v) is 14.6. The lowest BCUT2D eigenvalue weighted by molar-refractivity contribution is -0.149. The topological polar surface area (TPSA) is 55.6 Å². The van der Waals surface area contributed by atoms with E-state index in [9.17, 15) is 26.3 Å². The molecule has 0 aliphatic carbocycles. The van der Waals surface area contributed by atoms with Crippen molar-refractivity contribution >= 4 is 39.9 Å². The van der Waals surface area contributed by atoms with Crippen molar-refractivity contribution in [1.82, 2.24) is 19.7 Å². The predicted octanol–water partition coefficient (Wildman–Crippen LogP) is 5.20. The zero-order valence-electron chi connectivity index (χ0n) is 13.0. The number of anilines is 1. The smallest absolute Gasteiger partial charge is 0.372 e. The third-order valence-corrected chi connectivity index (χ3v) is 4.04. The van der Waals surface area contributed by atoms with E-state index in [2.05, 4.69) is 20.4 Å². The predicted molar refractivity (Wildman–Crippen MR) is 86.2 cm³/mol. The number of pyridine rings is 2. The van der Waals surface area contributed by atoms with Gasteiger partial charge in [0, 0.05) is 19.4 Å². The van der Waals surface area contributed by atoms with Gasteiger partial charge in [0.25, 0.3) is 0 Å². The molecule has 0 unspecified atom stereocenters.